The van der Waals surface area contributed by atoms with Gasteiger partial charge in [-0.1, -0.05) is 18.0 Å². The molecule has 1 aromatic rings. The molecule has 0 spiro atoms. The van der Waals surface area contributed by atoms with Crippen molar-refractivity contribution < 1.29 is 14.6 Å². The summed E-state index contributed by atoms with van der Waals surface area (Å²) in [7, 11) is 0. The van der Waals surface area contributed by atoms with Crippen LogP contribution in [0.15, 0.2) is 18.2 Å². The van der Waals surface area contributed by atoms with Crippen LogP contribution in [0.25, 0.3) is 0 Å². The van der Waals surface area contributed by atoms with Crippen molar-refractivity contribution in [3.05, 3.63) is 28.8 Å². The standard InChI is InChI=1S/C14H17ClO3/c1-9(14(16)17)11-5-12(15)7-13(6-11)18-8-10-3-2-4-10/h5-7,9-10H,2-4,8H2,1H3,(H,16,17). The van der Waals surface area contributed by atoms with Gasteiger partial charge >= 0.3 is 5.97 Å². The summed E-state index contributed by atoms with van der Waals surface area (Å²) in [6, 6.07) is 5.18. The van der Waals surface area contributed by atoms with Crippen LogP contribution in [-0.2, 0) is 4.79 Å². The van der Waals surface area contributed by atoms with Gasteiger partial charge in [0.25, 0.3) is 0 Å². The van der Waals surface area contributed by atoms with E-state index in [0.29, 0.717) is 28.9 Å². The first kappa shape index (κ1) is 13.2. The largest absolute Gasteiger partial charge is 0.493 e. The fourth-order valence-electron chi connectivity index (χ4n) is 1.93. The molecule has 98 valence electrons. The lowest BCUT2D eigenvalue weighted by Crippen LogP contribution is -2.19. The number of hydrogen-bond acceptors (Lipinski definition) is 2. The maximum atomic E-state index is 11.0. The average molecular weight is 269 g/mol. The SMILES string of the molecule is CC(C(=O)O)c1cc(Cl)cc(OCC2CCC2)c1. The Balaban J connectivity index is 2.07. The van der Waals surface area contributed by atoms with E-state index in [2.05, 4.69) is 0 Å². The van der Waals surface area contributed by atoms with E-state index in [1.165, 1.54) is 19.3 Å². The number of aliphatic carboxylic acids is 1. The Labute approximate surface area is 112 Å². The maximum Gasteiger partial charge on any atom is 0.310 e. The summed E-state index contributed by atoms with van der Waals surface area (Å²) in [5.74, 6) is -0.126. The van der Waals surface area contributed by atoms with Gasteiger partial charge in [0.2, 0.25) is 0 Å². The molecule has 0 saturated heterocycles. The van der Waals surface area contributed by atoms with Gasteiger partial charge in [-0.2, -0.15) is 0 Å². The molecule has 1 aliphatic carbocycles. The third-order valence-electron chi connectivity index (χ3n) is 3.47. The Kier molecular flexibility index (Phi) is 4.12. The highest BCUT2D eigenvalue weighted by molar-refractivity contribution is 6.30. The van der Waals surface area contributed by atoms with Gasteiger partial charge in [-0.05, 0) is 49.4 Å². The van der Waals surface area contributed by atoms with E-state index in [-0.39, 0.29) is 0 Å². The molecular formula is C14H17ClO3. The van der Waals surface area contributed by atoms with Gasteiger partial charge in [0.05, 0.1) is 12.5 Å². The number of rotatable bonds is 5. The van der Waals surface area contributed by atoms with Crippen LogP contribution in [0.3, 0.4) is 0 Å². The van der Waals surface area contributed by atoms with E-state index in [9.17, 15) is 4.79 Å². The molecule has 2 rings (SSSR count). The molecule has 1 atom stereocenters. The fraction of sp³-hybridized carbons (Fsp3) is 0.500. The van der Waals surface area contributed by atoms with Crippen molar-refractivity contribution in [1.29, 1.82) is 0 Å². The highest BCUT2D eigenvalue weighted by atomic mass is 35.5. The second-order valence-electron chi connectivity index (χ2n) is 4.89. The lowest BCUT2D eigenvalue weighted by atomic mass is 9.86. The highest BCUT2D eigenvalue weighted by Gasteiger charge is 2.19. The second kappa shape index (κ2) is 5.61. The molecule has 4 heteroatoms. The summed E-state index contributed by atoms with van der Waals surface area (Å²) in [6.07, 6.45) is 3.72. The molecule has 1 fully saturated rings. The van der Waals surface area contributed by atoms with Crippen LogP contribution in [-0.4, -0.2) is 17.7 Å². The van der Waals surface area contributed by atoms with Crippen LogP contribution in [0, 0.1) is 5.92 Å². The Morgan fingerprint density at radius 2 is 2.22 bits per heavy atom. The lowest BCUT2D eigenvalue weighted by molar-refractivity contribution is -0.138. The van der Waals surface area contributed by atoms with Crippen LogP contribution in [0.5, 0.6) is 5.75 Å². The fourth-order valence-corrected chi connectivity index (χ4v) is 2.17. The minimum Gasteiger partial charge on any atom is -0.493 e. The van der Waals surface area contributed by atoms with Crippen molar-refractivity contribution in [2.75, 3.05) is 6.61 Å². The topological polar surface area (TPSA) is 46.5 Å². The van der Waals surface area contributed by atoms with E-state index in [1.807, 2.05) is 0 Å². The summed E-state index contributed by atoms with van der Waals surface area (Å²) < 4.78 is 5.68. The van der Waals surface area contributed by atoms with Crippen LogP contribution >= 0.6 is 11.6 Å². The smallest absolute Gasteiger partial charge is 0.310 e. The molecule has 0 radical (unpaired) electrons. The van der Waals surface area contributed by atoms with Gasteiger partial charge < -0.3 is 9.84 Å². The zero-order valence-corrected chi connectivity index (χ0v) is 11.1. The summed E-state index contributed by atoms with van der Waals surface area (Å²) in [5, 5.41) is 9.52. The van der Waals surface area contributed by atoms with Gasteiger partial charge in [-0.3, -0.25) is 4.79 Å². The van der Waals surface area contributed by atoms with Gasteiger partial charge in [0, 0.05) is 5.02 Å². The van der Waals surface area contributed by atoms with Crippen LogP contribution < -0.4 is 4.74 Å². The molecule has 0 aromatic heterocycles. The van der Waals surface area contributed by atoms with Crippen molar-refractivity contribution in [3.8, 4) is 5.75 Å². The Hall–Kier alpha value is -1.22. The zero-order chi connectivity index (χ0) is 13.1. The first-order chi connectivity index (χ1) is 8.56. The van der Waals surface area contributed by atoms with Crippen LogP contribution in [0.4, 0.5) is 0 Å². The van der Waals surface area contributed by atoms with E-state index in [1.54, 1.807) is 25.1 Å². The van der Waals surface area contributed by atoms with Crippen molar-refractivity contribution in [2.45, 2.75) is 32.1 Å². The predicted molar refractivity (Wildman–Crippen MR) is 70.3 cm³/mol. The van der Waals surface area contributed by atoms with Gasteiger partial charge in [-0.25, -0.2) is 0 Å². The molecule has 1 aliphatic rings. The molecule has 1 N–H and O–H groups in total. The number of carboxylic acids is 1. The minimum atomic E-state index is -0.859. The Bertz CT molecular complexity index is 441. The molecule has 3 nitrogen and oxygen atoms in total. The molecule has 1 unspecified atom stereocenters. The van der Waals surface area contributed by atoms with Crippen LogP contribution in [0.2, 0.25) is 5.02 Å². The van der Waals surface area contributed by atoms with Crippen molar-refractivity contribution in [2.24, 2.45) is 5.92 Å². The number of ether oxygens (including phenoxy) is 1. The molecule has 1 aromatic carbocycles. The average Bonchev–Trinajstić information content (AvgIpc) is 2.25. The first-order valence-electron chi connectivity index (χ1n) is 6.22. The Morgan fingerprint density at radius 1 is 1.50 bits per heavy atom. The predicted octanol–water partition coefficient (Wildman–Crippen LogP) is 3.71. The summed E-state index contributed by atoms with van der Waals surface area (Å²) >= 11 is 5.99. The monoisotopic (exact) mass is 268 g/mol. The van der Waals surface area contributed by atoms with Crippen molar-refractivity contribution >= 4 is 17.6 Å². The molecule has 18 heavy (non-hydrogen) atoms. The zero-order valence-electron chi connectivity index (χ0n) is 10.4. The van der Waals surface area contributed by atoms with Crippen molar-refractivity contribution in [3.63, 3.8) is 0 Å². The van der Waals surface area contributed by atoms with Gasteiger partial charge in [0.15, 0.2) is 0 Å². The Morgan fingerprint density at radius 3 is 2.78 bits per heavy atom. The first-order valence-corrected chi connectivity index (χ1v) is 6.60. The molecular weight excluding hydrogens is 252 g/mol. The maximum absolute atomic E-state index is 11.0. The summed E-state index contributed by atoms with van der Waals surface area (Å²) in [5.41, 5.74) is 0.679. The molecule has 0 aliphatic heterocycles. The number of carboxylic acid groups (broad SMARTS) is 1. The molecule has 1 saturated carbocycles. The third kappa shape index (κ3) is 3.16. The lowest BCUT2D eigenvalue weighted by Gasteiger charge is -2.25. The van der Waals surface area contributed by atoms with Crippen LogP contribution in [0.1, 0.15) is 37.7 Å². The van der Waals surface area contributed by atoms with E-state index < -0.39 is 11.9 Å². The summed E-state index contributed by atoms with van der Waals surface area (Å²) in [4.78, 5) is 11.0. The highest BCUT2D eigenvalue weighted by Crippen LogP contribution is 2.30. The second-order valence-corrected chi connectivity index (χ2v) is 5.32. The van der Waals surface area contributed by atoms with E-state index in [0.717, 1.165) is 0 Å². The number of halogens is 1. The van der Waals surface area contributed by atoms with Gasteiger partial charge in [-0.15, -0.1) is 0 Å². The van der Waals surface area contributed by atoms with Crippen molar-refractivity contribution in [1.82, 2.24) is 0 Å². The number of benzene rings is 1. The third-order valence-corrected chi connectivity index (χ3v) is 3.69. The number of hydrogen-bond donors (Lipinski definition) is 1. The van der Waals surface area contributed by atoms with E-state index >= 15 is 0 Å². The molecule has 0 heterocycles. The quantitative estimate of drug-likeness (QED) is 0.886. The van der Waals surface area contributed by atoms with Gasteiger partial charge in [0.1, 0.15) is 5.75 Å². The van der Waals surface area contributed by atoms with E-state index in [4.69, 9.17) is 21.4 Å². The minimum absolute atomic E-state index is 0.518. The molecule has 0 amide bonds. The number of carbonyl (C=O) groups is 1. The normalized spacial score (nSPS) is 17.0. The summed E-state index contributed by atoms with van der Waals surface area (Å²) in [6.45, 7) is 2.34. The molecule has 0 bridgehead atoms.